The summed E-state index contributed by atoms with van der Waals surface area (Å²) in [5, 5.41) is 7.51. The Kier molecular flexibility index (Phi) is 3.32. The number of aromatic nitrogens is 2. The molecule has 0 radical (unpaired) electrons. The smallest absolute Gasteiger partial charge is 0.122 e. The van der Waals surface area contributed by atoms with Crippen LogP contribution in [-0.4, -0.2) is 9.78 Å². The number of anilines is 1. The minimum Gasteiger partial charge on any atom is -0.467 e. The van der Waals surface area contributed by atoms with Crippen molar-refractivity contribution in [3.63, 3.8) is 0 Å². The second-order valence-electron chi connectivity index (χ2n) is 4.33. The van der Waals surface area contributed by atoms with E-state index in [9.17, 15) is 0 Å². The molecule has 1 aromatic carbocycles. The Hall–Kier alpha value is -2.49. The van der Waals surface area contributed by atoms with Crippen molar-refractivity contribution in [2.45, 2.75) is 13.1 Å². The molecular formula is C15H15N3O. The van der Waals surface area contributed by atoms with Crippen LogP contribution in [0.1, 0.15) is 11.3 Å². The molecule has 0 bridgehead atoms. The summed E-state index contributed by atoms with van der Waals surface area (Å²) < 4.78 is 7.18. The molecule has 4 nitrogen and oxygen atoms in total. The van der Waals surface area contributed by atoms with Crippen molar-refractivity contribution < 1.29 is 4.42 Å². The van der Waals surface area contributed by atoms with Crippen molar-refractivity contribution >= 4 is 5.69 Å². The minimum absolute atomic E-state index is 0.700. The van der Waals surface area contributed by atoms with Gasteiger partial charge in [-0.15, -0.1) is 0 Å². The molecule has 0 fully saturated rings. The van der Waals surface area contributed by atoms with Crippen LogP contribution >= 0.6 is 0 Å². The molecule has 0 unspecified atom stereocenters. The summed E-state index contributed by atoms with van der Waals surface area (Å²) in [6, 6.07) is 14.1. The Morgan fingerprint density at radius 3 is 2.68 bits per heavy atom. The molecule has 0 amide bonds. The van der Waals surface area contributed by atoms with Crippen molar-refractivity contribution in [1.29, 1.82) is 0 Å². The Bertz CT molecular complexity index is 597. The first kappa shape index (κ1) is 11.6. The molecule has 3 rings (SSSR count). The van der Waals surface area contributed by atoms with Gasteiger partial charge in [-0.05, 0) is 35.9 Å². The Labute approximate surface area is 111 Å². The lowest BCUT2D eigenvalue weighted by molar-refractivity contribution is 0.518. The van der Waals surface area contributed by atoms with Crippen LogP contribution in [0, 0.1) is 0 Å². The van der Waals surface area contributed by atoms with E-state index in [2.05, 4.69) is 34.7 Å². The highest BCUT2D eigenvalue weighted by molar-refractivity contribution is 5.44. The zero-order chi connectivity index (χ0) is 12.9. The molecule has 4 heteroatoms. The van der Waals surface area contributed by atoms with Crippen LogP contribution in [0.25, 0.3) is 0 Å². The van der Waals surface area contributed by atoms with E-state index >= 15 is 0 Å². The van der Waals surface area contributed by atoms with Crippen LogP contribution in [0.3, 0.4) is 0 Å². The van der Waals surface area contributed by atoms with Crippen LogP contribution < -0.4 is 5.32 Å². The molecule has 0 saturated carbocycles. The molecule has 0 spiro atoms. The lowest BCUT2D eigenvalue weighted by atomic mass is 10.2. The molecule has 0 saturated heterocycles. The van der Waals surface area contributed by atoms with Crippen molar-refractivity contribution in [2.75, 3.05) is 5.32 Å². The van der Waals surface area contributed by atoms with Crippen LogP contribution in [0.4, 0.5) is 5.69 Å². The molecule has 0 aliphatic rings. The van der Waals surface area contributed by atoms with Crippen LogP contribution in [-0.2, 0) is 13.1 Å². The molecule has 2 aromatic heterocycles. The van der Waals surface area contributed by atoms with E-state index in [4.69, 9.17) is 4.42 Å². The molecule has 2 heterocycles. The molecular weight excluding hydrogens is 238 g/mol. The summed E-state index contributed by atoms with van der Waals surface area (Å²) in [6.07, 6.45) is 5.44. The number of hydrogen-bond donors (Lipinski definition) is 1. The van der Waals surface area contributed by atoms with Crippen molar-refractivity contribution in [2.24, 2.45) is 0 Å². The van der Waals surface area contributed by atoms with Crippen LogP contribution in [0.2, 0.25) is 0 Å². The van der Waals surface area contributed by atoms with Crippen LogP contribution in [0.15, 0.2) is 65.5 Å². The topological polar surface area (TPSA) is 43.0 Å². The SMILES string of the molecule is c1coc(CNc2ccc(Cn3cccn3)cc2)c1. The third kappa shape index (κ3) is 3.04. The summed E-state index contributed by atoms with van der Waals surface area (Å²) in [6.45, 7) is 1.50. The molecule has 0 aliphatic heterocycles. The van der Waals surface area contributed by atoms with E-state index < -0.39 is 0 Å². The Morgan fingerprint density at radius 2 is 2.00 bits per heavy atom. The van der Waals surface area contributed by atoms with Gasteiger partial charge < -0.3 is 9.73 Å². The lowest BCUT2D eigenvalue weighted by Gasteiger charge is -2.06. The number of rotatable bonds is 5. The fourth-order valence-corrected chi connectivity index (χ4v) is 1.91. The third-order valence-electron chi connectivity index (χ3n) is 2.90. The summed E-state index contributed by atoms with van der Waals surface area (Å²) >= 11 is 0. The summed E-state index contributed by atoms with van der Waals surface area (Å²) in [5.41, 5.74) is 2.31. The second-order valence-corrected chi connectivity index (χ2v) is 4.33. The maximum atomic E-state index is 5.27. The predicted octanol–water partition coefficient (Wildman–Crippen LogP) is 3.14. The fourth-order valence-electron chi connectivity index (χ4n) is 1.91. The molecule has 1 N–H and O–H groups in total. The van der Waals surface area contributed by atoms with Gasteiger partial charge in [0, 0.05) is 18.1 Å². The highest BCUT2D eigenvalue weighted by Gasteiger charge is 1.98. The zero-order valence-corrected chi connectivity index (χ0v) is 10.5. The van der Waals surface area contributed by atoms with Gasteiger partial charge in [-0.3, -0.25) is 4.68 Å². The molecule has 96 valence electrons. The zero-order valence-electron chi connectivity index (χ0n) is 10.5. The van der Waals surface area contributed by atoms with E-state index in [0.29, 0.717) is 6.54 Å². The Balaban J connectivity index is 1.59. The van der Waals surface area contributed by atoms with Gasteiger partial charge in [-0.2, -0.15) is 5.10 Å². The lowest BCUT2D eigenvalue weighted by Crippen LogP contribution is -2.01. The van der Waals surface area contributed by atoms with Gasteiger partial charge in [0.1, 0.15) is 5.76 Å². The fraction of sp³-hybridized carbons (Fsp3) is 0.133. The first-order valence-electron chi connectivity index (χ1n) is 6.23. The highest BCUT2D eigenvalue weighted by atomic mass is 16.3. The standard InChI is InChI=1S/C15H15N3O/c1-3-15(19-10-1)11-16-14-6-4-13(5-7-14)12-18-9-2-8-17-18/h1-10,16H,11-12H2. The van der Waals surface area contributed by atoms with Gasteiger partial charge in [-0.1, -0.05) is 12.1 Å². The minimum atomic E-state index is 0.700. The first-order chi connectivity index (χ1) is 9.40. The molecule has 0 atom stereocenters. The predicted molar refractivity (Wildman–Crippen MR) is 73.8 cm³/mol. The number of benzene rings is 1. The first-order valence-corrected chi connectivity index (χ1v) is 6.23. The maximum Gasteiger partial charge on any atom is 0.122 e. The Morgan fingerprint density at radius 1 is 1.11 bits per heavy atom. The average Bonchev–Trinajstić information content (AvgIpc) is 3.11. The number of nitrogens with one attached hydrogen (secondary N) is 1. The van der Waals surface area contributed by atoms with Crippen molar-refractivity contribution in [1.82, 2.24) is 9.78 Å². The summed E-state index contributed by atoms with van der Waals surface area (Å²) in [7, 11) is 0. The van der Waals surface area contributed by atoms with E-state index in [1.165, 1.54) is 5.56 Å². The van der Waals surface area contributed by atoms with Gasteiger partial charge in [-0.25, -0.2) is 0 Å². The maximum absolute atomic E-state index is 5.27. The largest absolute Gasteiger partial charge is 0.467 e. The number of hydrogen-bond acceptors (Lipinski definition) is 3. The molecule has 3 aromatic rings. The van der Waals surface area contributed by atoms with Gasteiger partial charge in [0.25, 0.3) is 0 Å². The van der Waals surface area contributed by atoms with Crippen molar-refractivity contribution in [3.05, 3.63) is 72.4 Å². The van der Waals surface area contributed by atoms with Gasteiger partial charge in [0.15, 0.2) is 0 Å². The number of nitrogens with zero attached hydrogens (tertiary/aromatic N) is 2. The van der Waals surface area contributed by atoms with Crippen molar-refractivity contribution in [3.8, 4) is 0 Å². The number of furan rings is 1. The third-order valence-corrected chi connectivity index (χ3v) is 2.90. The van der Waals surface area contributed by atoms with Gasteiger partial charge in [0.05, 0.1) is 19.4 Å². The summed E-state index contributed by atoms with van der Waals surface area (Å²) in [4.78, 5) is 0. The average molecular weight is 253 g/mol. The van der Waals surface area contributed by atoms with E-state index in [-0.39, 0.29) is 0 Å². The monoisotopic (exact) mass is 253 g/mol. The van der Waals surface area contributed by atoms with Gasteiger partial charge >= 0.3 is 0 Å². The molecule has 19 heavy (non-hydrogen) atoms. The molecule has 0 aliphatic carbocycles. The van der Waals surface area contributed by atoms with E-state index in [1.54, 1.807) is 12.5 Å². The second kappa shape index (κ2) is 5.44. The van der Waals surface area contributed by atoms with Gasteiger partial charge in [0.2, 0.25) is 0 Å². The summed E-state index contributed by atoms with van der Waals surface area (Å²) in [5.74, 6) is 0.931. The normalized spacial score (nSPS) is 10.5. The van der Waals surface area contributed by atoms with Crippen LogP contribution in [0.5, 0.6) is 0 Å². The van der Waals surface area contributed by atoms with E-state index in [0.717, 1.165) is 18.0 Å². The highest BCUT2D eigenvalue weighted by Crippen LogP contribution is 2.12. The quantitative estimate of drug-likeness (QED) is 0.759. The van der Waals surface area contributed by atoms with E-state index in [1.807, 2.05) is 29.1 Å².